The maximum Gasteiger partial charge on any atom is 0.272 e. The van der Waals surface area contributed by atoms with Crippen molar-refractivity contribution in [2.75, 3.05) is 31.2 Å². The smallest absolute Gasteiger partial charge is 0.272 e. The van der Waals surface area contributed by atoms with Gasteiger partial charge in [-0.05, 0) is 17.4 Å². The van der Waals surface area contributed by atoms with Gasteiger partial charge in [0, 0.05) is 18.0 Å². The number of morpholine rings is 1. The zero-order valence-electron chi connectivity index (χ0n) is 14.2. The van der Waals surface area contributed by atoms with Crippen molar-refractivity contribution in [3.63, 3.8) is 0 Å². The summed E-state index contributed by atoms with van der Waals surface area (Å²) in [6, 6.07) is 3.93. The Labute approximate surface area is 156 Å². The Balaban J connectivity index is 1.81. The normalized spacial score (nSPS) is 16.1. The SMILES string of the molecule is CC(C)[C@@H](NC(=O)c1nc(N2CCOCC2)ncc1Cl)c1cccs1. The van der Waals surface area contributed by atoms with Crippen molar-refractivity contribution in [2.45, 2.75) is 19.9 Å². The molecule has 25 heavy (non-hydrogen) atoms. The third-order valence-electron chi connectivity index (χ3n) is 4.04. The molecule has 0 aliphatic carbocycles. The number of thiophene rings is 1. The topological polar surface area (TPSA) is 67.4 Å². The van der Waals surface area contributed by atoms with Gasteiger partial charge in [-0.2, -0.15) is 0 Å². The van der Waals surface area contributed by atoms with Gasteiger partial charge < -0.3 is 15.0 Å². The number of carbonyl (C=O) groups is 1. The van der Waals surface area contributed by atoms with E-state index in [0.29, 0.717) is 32.3 Å². The lowest BCUT2D eigenvalue weighted by atomic mass is 10.0. The van der Waals surface area contributed by atoms with Crippen molar-refractivity contribution < 1.29 is 9.53 Å². The van der Waals surface area contributed by atoms with Crippen LogP contribution in [0.5, 0.6) is 0 Å². The van der Waals surface area contributed by atoms with Crippen LogP contribution in [-0.2, 0) is 4.74 Å². The summed E-state index contributed by atoms with van der Waals surface area (Å²) in [4.78, 5) is 24.6. The minimum Gasteiger partial charge on any atom is -0.378 e. The molecular weight excluding hydrogens is 360 g/mol. The van der Waals surface area contributed by atoms with E-state index in [1.807, 2.05) is 22.4 Å². The molecule has 2 aromatic rings. The first kappa shape index (κ1) is 18.1. The van der Waals surface area contributed by atoms with Gasteiger partial charge in [-0.3, -0.25) is 4.79 Å². The van der Waals surface area contributed by atoms with Crippen molar-refractivity contribution in [2.24, 2.45) is 5.92 Å². The fourth-order valence-corrected chi connectivity index (χ4v) is 3.80. The molecule has 134 valence electrons. The second-order valence-corrected chi connectivity index (χ2v) is 7.56. The summed E-state index contributed by atoms with van der Waals surface area (Å²) < 4.78 is 5.34. The molecule has 3 rings (SSSR count). The summed E-state index contributed by atoms with van der Waals surface area (Å²) in [5.41, 5.74) is 0.209. The maximum atomic E-state index is 12.8. The molecular formula is C17H21ClN4O2S. The molecule has 1 fully saturated rings. The van der Waals surface area contributed by atoms with E-state index in [2.05, 4.69) is 29.1 Å². The molecule has 2 aromatic heterocycles. The molecule has 1 aliphatic rings. The third-order valence-corrected chi connectivity index (χ3v) is 5.28. The number of nitrogens with one attached hydrogen (secondary N) is 1. The quantitative estimate of drug-likeness (QED) is 0.863. The summed E-state index contributed by atoms with van der Waals surface area (Å²) in [5, 5.41) is 5.32. The largest absolute Gasteiger partial charge is 0.378 e. The Bertz CT molecular complexity index is 717. The lowest BCUT2D eigenvalue weighted by Gasteiger charge is -2.27. The number of aromatic nitrogens is 2. The Kier molecular flexibility index (Phi) is 5.88. The lowest BCUT2D eigenvalue weighted by molar-refractivity contribution is 0.0921. The van der Waals surface area contributed by atoms with E-state index in [1.165, 1.54) is 6.20 Å². The summed E-state index contributed by atoms with van der Waals surface area (Å²) in [7, 11) is 0. The number of nitrogens with zero attached hydrogens (tertiary/aromatic N) is 3. The van der Waals surface area contributed by atoms with E-state index < -0.39 is 0 Å². The second-order valence-electron chi connectivity index (χ2n) is 6.18. The number of anilines is 1. The van der Waals surface area contributed by atoms with Crippen LogP contribution >= 0.6 is 22.9 Å². The Morgan fingerprint density at radius 3 is 2.80 bits per heavy atom. The fraction of sp³-hybridized carbons (Fsp3) is 0.471. The van der Waals surface area contributed by atoms with Gasteiger partial charge in [-0.15, -0.1) is 11.3 Å². The molecule has 1 N–H and O–H groups in total. The van der Waals surface area contributed by atoms with Crippen molar-refractivity contribution in [3.8, 4) is 0 Å². The summed E-state index contributed by atoms with van der Waals surface area (Å²) >= 11 is 7.82. The minimum atomic E-state index is -0.283. The first-order valence-electron chi connectivity index (χ1n) is 8.25. The predicted molar refractivity (Wildman–Crippen MR) is 99.4 cm³/mol. The van der Waals surface area contributed by atoms with Gasteiger partial charge in [-0.25, -0.2) is 9.97 Å². The van der Waals surface area contributed by atoms with E-state index in [9.17, 15) is 4.79 Å². The third kappa shape index (κ3) is 4.29. The van der Waals surface area contributed by atoms with Crippen LogP contribution in [0.3, 0.4) is 0 Å². The molecule has 0 bridgehead atoms. The molecule has 0 saturated carbocycles. The number of carbonyl (C=O) groups excluding carboxylic acids is 1. The molecule has 0 unspecified atom stereocenters. The zero-order valence-corrected chi connectivity index (χ0v) is 15.8. The lowest BCUT2D eigenvalue weighted by Crippen LogP contribution is -2.38. The van der Waals surface area contributed by atoms with E-state index in [0.717, 1.165) is 4.88 Å². The highest BCUT2D eigenvalue weighted by molar-refractivity contribution is 7.10. The molecule has 1 saturated heterocycles. The van der Waals surface area contributed by atoms with Crippen LogP contribution in [0, 0.1) is 5.92 Å². The van der Waals surface area contributed by atoms with Gasteiger partial charge in [-0.1, -0.05) is 31.5 Å². The van der Waals surface area contributed by atoms with Crippen LogP contribution < -0.4 is 10.2 Å². The highest BCUT2D eigenvalue weighted by Crippen LogP contribution is 2.27. The average Bonchev–Trinajstić information content (AvgIpc) is 3.14. The van der Waals surface area contributed by atoms with Gasteiger partial charge in [0.1, 0.15) is 0 Å². The van der Waals surface area contributed by atoms with Crippen LogP contribution in [0.4, 0.5) is 5.95 Å². The minimum absolute atomic E-state index is 0.0784. The van der Waals surface area contributed by atoms with Gasteiger partial charge in [0.15, 0.2) is 5.69 Å². The second kappa shape index (κ2) is 8.12. The molecule has 1 amide bonds. The molecule has 0 aromatic carbocycles. The van der Waals surface area contributed by atoms with Gasteiger partial charge in [0.05, 0.1) is 30.5 Å². The van der Waals surface area contributed by atoms with Crippen LogP contribution in [0.25, 0.3) is 0 Å². The number of hydrogen-bond acceptors (Lipinski definition) is 6. The Morgan fingerprint density at radius 1 is 1.40 bits per heavy atom. The van der Waals surface area contributed by atoms with Crippen molar-refractivity contribution in [3.05, 3.63) is 39.3 Å². The van der Waals surface area contributed by atoms with E-state index in [4.69, 9.17) is 16.3 Å². The zero-order chi connectivity index (χ0) is 17.8. The van der Waals surface area contributed by atoms with Crippen molar-refractivity contribution in [1.29, 1.82) is 0 Å². The van der Waals surface area contributed by atoms with Gasteiger partial charge in [0.2, 0.25) is 5.95 Å². The van der Waals surface area contributed by atoms with Crippen LogP contribution in [0.2, 0.25) is 5.02 Å². The van der Waals surface area contributed by atoms with Crippen molar-refractivity contribution >= 4 is 34.8 Å². The average molecular weight is 381 g/mol. The van der Waals surface area contributed by atoms with Crippen LogP contribution in [0.15, 0.2) is 23.7 Å². The Morgan fingerprint density at radius 2 is 2.16 bits per heavy atom. The van der Waals surface area contributed by atoms with Crippen molar-refractivity contribution in [1.82, 2.24) is 15.3 Å². The number of hydrogen-bond donors (Lipinski definition) is 1. The summed E-state index contributed by atoms with van der Waals surface area (Å²) in [5.74, 6) is 0.478. The van der Waals surface area contributed by atoms with E-state index in [1.54, 1.807) is 11.3 Å². The highest BCUT2D eigenvalue weighted by atomic mass is 35.5. The number of halogens is 1. The molecule has 3 heterocycles. The van der Waals surface area contributed by atoms with Gasteiger partial charge in [0.25, 0.3) is 5.91 Å². The van der Waals surface area contributed by atoms with Gasteiger partial charge >= 0.3 is 0 Å². The van der Waals surface area contributed by atoms with Crippen LogP contribution in [0.1, 0.15) is 35.3 Å². The first-order valence-corrected chi connectivity index (χ1v) is 9.51. The standard InChI is InChI=1S/C17H21ClN4O2S/c1-11(2)14(13-4-3-9-25-13)20-16(23)15-12(18)10-19-17(21-15)22-5-7-24-8-6-22/h3-4,9-11,14H,5-8H2,1-2H3,(H,20,23)/t14-/m1/s1. The van der Waals surface area contributed by atoms with E-state index in [-0.39, 0.29) is 28.6 Å². The fourth-order valence-electron chi connectivity index (χ4n) is 2.68. The summed E-state index contributed by atoms with van der Waals surface area (Å²) in [6.07, 6.45) is 1.49. The maximum absolute atomic E-state index is 12.8. The molecule has 1 atom stereocenters. The van der Waals surface area contributed by atoms with E-state index >= 15 is 0 Å². The molecule has 6 nitrogen and oxygen atoms in total. The molecule has 0 radical (unpaired) electrons. The number of amides is 1. The highest BCUT2D eigenvalue weighted by Gasteiger charge is 2.24. The summed E-state index contributed by atoms with van der Waals surface area (Å²) in [6.45, 7) is 6.80. The number of ether oxygens (including phenoxy) is 1. The van der Waals surface area contributed by atoms with Crippen LogP contribution in [-0.4, -0.2) is 42.2 Å². The Hall–Kier alpha value is -1.70. The monoisotopic (exact) mass is 380 g/mol. The predicted octanol–water partition coefficient (Wildman–Crippen LogP) is 3.16. The molecule has 8 heteroatoms. The number of rotatable bonds is 5. The molecule has 1 aliphatic heterocycles. The molecule has 0 spiro atoms. The first-order chi connectivity index (χ1) is 12.1.